The Morgan fingerprint density at radius 3 is 1.99 bits per heavy atom. The average Bonchev–Trinajstić information content (AvgIpc) is 3.76. The molecular formula is C50H70N10O9S2. The number of hydrogen-bond acceptors (Lipinski definition) is 14. The fourth-order valence-corrected chi connectivity index (χ4v) is 10.4. The van der Waals surface area contributed by atoms with Crippen LogP contribution in [0.1, 0.15) is 56.2 Å². The lowest BCUT2D eigenvalue weighted by atomic mass is 10.0. The van der Waals surface area contributed by atoms with Gasteiger partial charge in [0.15, 0.2) is 0 Å². The molecule has 15 N–H and O–H groups in total. The first kappa shape index (κ1) is 56.4. The number of para-hydroxylation sites is 1. The molecule has 19 nitrogen and oxygen atoms in total. The third-order valence-electron chi connectivity index (χ3n) is 12.1. The molecule has 0 saturated carbocycles. The number of nitrogens with two attached hydrogens (primary N) is 2. The van der Waals surface area contributed by atoms with E-state index in [1.54, 1.807) is 30.5 Å². The summed E-state index contributed by atoms with van der Waals surface area (Å²) in [7, 11) is 2.43. The number of carbonyl (C=O) groups excluding carboxylic acids is 6. The van der Waals surface area contributed by atoms with Crippen molar-refractivity contribution in [2.24, 2.45) is 11.5 Å². The summed E-state index contributed by atoms with van der Waals surface area (Å²) in [5.41, 5.74) is 15.1. The van der Waals surface area contributed by atoms with Crippen LogP contribution in [0.4, 0.5) is 0 Å². The van der Waals surface area contributed by atoms with E-state index in [9.17, 15) is 44.1 Å². The Morgan fingerprint density at radius 2 is 1.32 bits per heavy atom. The fourth-order valence-electron chi connectivity index (χ4n) is 8.00. The highest BCUT2D eigenvalue weighted by molar-refractivity contribution is 8.76. The summed E-state index contributed by atoms with van der Waals surface area (Å²) in [4.78, 5) is 89.3. The molecule has 0 unspecified atom stereocenters. The summed E-state index contributed by atoms with van der Waals surface area (Å²) < 4.78 is 0. The van der Waals surface area contributed by atoms with E-state index in [0.29, 0.717) is 36.9 Å². The molecule has 2 heterocycles. The van der Waals surface area contributed by atoms with Crippen molar-refractivity contribution in [2.45, 2.75) is 119 Å². The topological polar surface area (TPSA) is 315 Å². The van der Waals surface area contributed by atoms with Crippen molar-refractivity contribution in [3.63, 3.8) is 0 Å². The molecule has 6 amide bonds. The van der Waals surface area contributed by atoms with Gasteiger partial charge in [-0.2, -0.15) is 0 Å². The minimum atomic E-state index is -1.49. The lowest BCUT2D eigenvalue weighted by molar-refractivity contribution is -0.136. The molecule has 10 atom stereocenters. The number of carbonyl (C=O) groups is 6. The number of nitrogens with one attached hydrogen (secondary N) is 8. The first-order chi connectivity index (χ1) is 34.2. The molecule has 0 radical (unpaired) electrons. The molecule has 5 rings (SSSR count). The van der Waals surface area contributed by atoms with Crippen LogP contribution in [-0.4, -0.2) is 147 Å². The molecule has 0 aliphatic carbocycles. The maximum atomic E-state index is 14.8. The van der Waals surface area contributed by atoms with Crippen LogP contribution in [0.2, 0.25) is 0 Å². The molecule has 0 bridgehead atoms. The van der Waals surface area contributed by atoms with Gasteiger partial charge in [-0.25, -0.2) is 0 Å². The number of aliphatic hydroxyl groups is 3. The Hall–Kier alpha value is -5.52. The Kier molecular flexibility index (Phi) is 23.1. The Labute approximate surface area is 422 Å². The van der Waals surface area contributed by atoms with Crippen molar-refractivity contribution in [1.82, 2.24) is 42.2 Å². The molecule has 1 fully saturated rings. The standard InChI is InChI=1S/C50H70N10O9S2/c1-30(62)42(27-61)54-26-35-28-70-71-29-43(59-45(64)37(52)22-32-14-6-3-7-15-32)49(68)57-40(23-33-16-8-4-9-17-33)47(66)58-41(24-34-25-53-38-19-12-11-18-36(34)38)48(67)56-39(20-10-5-13-21-51)46(65)60-44(31(2)63)50(69)55-35/h3-4,6-9,11-12,14-19,25,30-31,35,37,39-44,53-54,61-63H,5,10,13,20-24,26-29,51-52H2,1-2H3,(H,55,69)(H,56,67)(H,57,68)(H,58,66)(H,59,64)(H,60,65)/t30-,31-,35-,37-,39+,40+,41-,42-,43+,44+/m1/s1. The fraction of sp³-hybridized carbons (Fsp3) is 0.480. The molecule has 71 heavy (non-hydrogen) atoms. The van der Waals surface area contributed by atoms with E-state index in [4.69, 9.17) is 11.5 Å². The highest BCUT2D eigenvalue weighted by atomic mass is 33.1. The molecule has 1 aliphatic rings. The van der Waals surface area contributed by atoms with E-state index in [2.05, 4.69) is 42.2 Å². The van der Waals surface area contributed by atoms with E-state index in [0.717, 1.165) is 16.5 Å². The number of benzene rings is 3. The second kappa shape index (κ2) is 29.1. The van der Waals surface area contributed by atoms with E-state index in [1.165, 1.54) is 35.4 Å². The molecule has 1 saturated heterocycles. The van der Waals surface area contributed by atoms with Crippen LogP contribution in [0.5, 0.6) is 0 Å². The van der Waals surface area contributed by atoms with Gasteiger partial charge in [-0.1, -0.05) is 113 Å². The van der Waals surface area contributed by atoms with E-state index in [1.807, 2.05) is 60.7 Å². The van der Waals surface area contributed by atoms with Crippen molar-refractivity contribution in [3.05, 3.63) is 108 Å². The number of aromatic amines is 1. The van der Waals surface area contributed by atoms with Gasteiger partial charge >= 0.3 is 0 Å². The smallest absolute Gasteiger partial charge is 0.245 e. The summed E-state index contributed by atoms with van der Waals surface area (Å²) in [6.07, 6.45) is 1.36. The number of aliphatic hydroxyl groups excluding tert-OH is 3. The first-order valence-corrected chi connectivity index (χ1v) is 26.5. The number of H-pyrrole nitrogens is 1. The SMILES string of the molecule is C[C@@H](O)[C@@H]1NC(=O)[C@H](CCCCCN)NC(=O)[C@@H](Cc2c[nH]c3ccccc23)NC(=O)[C@H](Cc2ccccc2)NC(=O)[C@@H](NC(=O)[C@H](N)Cc2ccccc2)CSSC[C@@H](CN[C@H](CO)[C@@H](C)O)NC1=O. The van der Waals surface area contributed by atoms with E-state index in [-0.39, 0.29) is 43.7 Å². The summed E-state index contributed by atoms with van der Waals surface area (Å²) in [5, 5.41) is 51.9. The number of hydrogen-bond donors (Lipinski definition) is 13. The molecule has 1 aliphatic heterocycles. The monoisotopic (exact) mass is 1020 g/mol. The lowest BCUT2D eigenvalue weighted by Crippen LogP contribution is -2.62. The van der Waals surface area contributed by atoms with Gasteiger partial charge in [0.05, 0.1) is 36.9 Å². The molecule has 0 spiro atoms. The maximum absolute atomic E-state index is 14.8. The maximum Gasteiger partial charge on any atom is 0.245 e. The van der Waals surface area contributed by atoms with Crippen LogP contribution >= 0.6 is 21.6 Å². The van der Waals surface area contributed by atoms with Gasteiger partial charge < -0.3 is 69.0 Å². The van der Waals surface area contributed by atoms with Crippen molar-refractivity contribution >= 4 is 67.9 Å². The molecular weight excluding hydrogens is 949 g/mol. The van der Waals surface area contributed by atoms with Gasteiger partial charge in [-0.3, -0.25) is 28.8 Å². The second-order valence-corrected chi connectivity index (χ2v) is 20.4. The van der Waals surface area contributed by atoms with Gasteiger partial charge in [0.1, 0.15) is 30.2 Å². The van der Waals surface area contributed by atoms with Crippen LogP contribution < -0.4 is 48.7 Å². The van der Waals surface area contributed by atoms with Crippen molar-refractivity contribution in [2.75, 3.05) is 31.2 Å². The first-order valence-electron chi connectivity index (χ1n) is 24.0. The largest absolute Gasteiger partial charge is 0.395 e. The van der Waals surface area contributed by atoms with Crippen molar-refractivity contribution in [3.8, 4) is 0 Å². The van der Waals surface area contributed by atoms with Gasteiger partial charge in [0.2, 0.25) is 35.4 Å². The minimum Gasteiger partial charge on any atom is -0.395 e. The molecule has 386 valence electrons. The van der Waals surface area contributed by atoms with Gasteiger partial charge in [0.25, 0.3) is 0 Å². The zero-order chi connectivity index (χ0) is 51.3. The van der Waals surface area contributed by atoms with Crippen LogP contribution in [-0.2, 0) is 48.0 Å². The predicted molar refractivity (Wildman–Crippen MR) is 277 cm³/mol. The third-order valence-corrected chi connectivity index (χ3v) is 14.6. The normalized spacial score (nSPS) is 22.9. The molecule has 1 aromatic heterocycles. The number of unbranched alkanes of at least 4 members (excludes halogenated alkanes) is 2. The predicted octanol–water partition coefficient (Wildman–Crippen LogP) is 0.0581. The summed E-state index contributed by atoms with van der Waals surface area (Å²) >= 11 is 0. The van der Waals surface area contributed by atoms with E-state index >= 15 is 0 Å². The second-order valence-electron chi connectivity index (χ2n) is 17.9. The summed E-state index contributed by atoms with van der Waals surface area (Å²) in [6.45, 7) is 2.86. The zero-order valence-electron chi connectivity index (χ0n) is 40.2. The molecule has 21 heteroatoms. The molecule has 4 aromatic rings. The van der Waals surface area contributed by atoms with Gasteiger partial charge in [0, 0.05) is 48.0 Å². The Balaban J connectivity index is 1.55. The van der Waals surface area contributed by atoms with Gasteiger partial charge in [-0.15, -0.1) is 0 Å². The van der Waals surface area contributed by atoms with E-state index < -0.39 is 103 Å². The highest BCUT2D eigenvalue weighted by Crippen LogP contribution is 2.24. The van der Waals surface area contributed by atoms with Crippen molar-refractivity contribution in [1.29, 1.82) is 0 Å². The molecule has 3 aromatic carbocycles. The third kappa shape index (κ3) is 17.9. The minimum absolute atomic E-state index is 0.00149. The number of rotatable bonds is 19. The van der Waals surface area contributed by atoms with Crippen LogP contribution in [0.15, 0.2) is 91.1 Å². The van der Waals surface area contributed by atoms with Gasteiger partial charge in [-0.05, 0) is 62.4 Å². The van der Waals surface area contributed by atoms with Crippen LogP contribution in [0.25, 0.3) is 10.9 Å². The Morgan fingerprint density at radius 1 is 0.718 bits per heavy atom. The Bertz CT molecular complexity index is 2330. The number of fused-ring (bicyclic) bond motifs is 1. The van der Waals surface area contributed by atoms with Crippen LogP contribution in [0, 0.1) is 0 Å². The van der Waals surface area contributed by atoms with Crippen LogP contribution in [0.3, 0.4) is 0 Å². The summed E-state index contributed by atoms with van der Waals surface area (Å²) in [5.74, 6) is -4.14. The lowest BCUT2D eigenvalue weighted by Gasteiger charge is -2.29. The average molecular weight is 1020 g/mol. The number of aromatic nitrogens is 1. The quantitative estimate of drug-likeness (QED) is 0.0437. The number of amides is 6. The zero-order valence-corrected chi connectivity index (χ0v) is 41.8. The highest BCUT2D eigenvalue weighted by Gasteiger charge is 2.35. The summed E-state index contributed by atoms with van der Waals surface area (Å²) in [6, 6.07) is 16.5. The van der Waals surface area contributed by atoms with Crippen molar-refractivity contribution < 1.29 is 44.1 Å².